The van der Waals surface area contributed by atoms with Crippen molar-refractivity contribution >= 4 is 11.7 Å². The van der Waals surface area contributed by atoms with E-state index in [1.807, 2.05) is 0 Å². The molecule has 1 aliphatic rings. The van der Waals surface area contributed by atoms with Gasteiger partial charge in [-0.15, -0.1) is 0 Å². The van der Waals surface area contributed by atoms with Gasteiger partial charge in [-0.05, 0) is 30.0 Å². The molecule has 0 fully saturated rings. The van der Waals surface area contributed by atoms with Crippen molar-refractivity contribution in [1.82, 2.24) is 0 Å². The van der Waals surface area contributed by atoms with Crippen molar-refractivity contribution in [2.75, 3.05) is 5.73 Å². The summed E-state index contributed by atoms with van der Waals surface area (Å²) in [5.74, 6) is -0.981. The van der Waals surface area contributed by atoms with E-state index in [0.717, 1.165) is 24.0 Å². The summed E-state index contributed by atoms with van der Waals surface area (Å²) in [6.07, 6.45) is 1.63. The lowest BCUT2D eigenvalue weighted by molar-refractivity contribution is 0.0698. The molecular formula is C10H12N2O2. The molecule has 2 rings (SSSR count). The predicted molar refractivity (Wildman–Crippen MR) is 53.1 cm³/mol. The second-order valence-electron chi connectivity index (χ2n) is 3.54. The number of hydrogen-bond acceptors (Lipinski definition) is 3. The largest absolute Gasteiger partial charge is 0.478 e. The first kappa shape index (κ1) is 9.02. The molecule has 14 heavy (non-hydrogen) atoms. The Morgan fingerprint density at radius 2 is 2.21 bits per heavy atom. The van der Waals surface area contributed by atoms with Crippen LogP contribution in [0.3, 0.4) is 0 Å². The van der Waals surface area contributed by atoms with Crippen LogP contribution in [0, 0.1) is 0 Å². The van der Waals surface area contributed by atoms with Gasteiger partial charge in [0.1, 0.15) is 0 Å². The third-order valence-electron chi connectivity index (χ3n) is 2.73. The molecule has 0 heterocycles. The first-order valence-electron chi connectivity index (χ1n) is 4.51. The summed E-state index contributed by atoms with van der Waals surface area (Å²) in [7, 11) is 0. The lowest BCUT2D eigenvalue weighted by Gasteiger charge is -2.08. The lowest BCUT2D eigenvalue weighted by atomic mass is 10.0. The first-order valence-corrected chi connectivity index (χ1v) is 4.51. The smallest absolute Gasteiger partial charge is 0.337 e. The minimum atomic E-state index is -0.981. The van der Waals surface area contributed by atoms with Gasteiger partial charge in [0.2, 0.25) is 0 Å². The number of anilines is 1. The molecule has 0 aromatic heterocycles. The van der Waals surface area contributed by atoms with E-state index in [2.05, 4.69) is 0 Å². The Labute approximate surface area is 81.5 Å². The van der Waals surface area contributed by atoms with Gasteiger partial charge >= 0.3 is 5.97 Å². The second kappa shape index (κ2) is 2.99. The van der Waals surface area contributed by atoms with E-state index in [9.17, 15) is 4.79 Å². The van der Waals surface area contributed by atoms with Crippen molar-refractivity contribution in [3.63, 3.8) is 0 Å². The van der Waals surface area contributed by atoms with Crippen LogP contribution < -0.4 is 11.5 Å². The highest BCUT2D eigenvalue weighted by Gasteiger charge is 2.23. The van der Waals surface area contributed by atoms with Gasteiger partial charge in [0.15, 0.2) is 0 Å². The van der Waals surface area contributed by atoms with Gasteiger partial charge in [0, 0.05) is 11.7 Å². The Morgan fingerprint density at radius 1 is 1.50 bits per heavy atom. The van der Waals surface area contributed by atoms with Gasteiger partial charge in [0.05, 0.1) is 5.56 Å². The van der Waals surface area contributed by atoms with Crippen LogP contribution in [0.2, 0.25) is 0 Å². The lowest BCUT2D eigenvalue weighted by Crippen LogP contribution is -2.08. The van der Waals surface area contributed by atoms with E-state index < -0.39 is 5.97 Å². The van der Waals surface area contributed by atoms with E-state index >= 15 is 0 Å². The number of nitrogens with two attached hydrogens (primary N) is 2. The zero-order valence-electron chi connectivity index (χ0n) is 7.66. The normalized spacial score (nSPS) is 19.4. The highest BCUT2D eigenvalue weighted by atomic mass is 16.4. The molecular weight excluding hydrogens is 180 g/mol. The van der Waals surface area contributed by atoms with Crippen molar-refractivity contribution < 1.29 is 9.90 Å². The van der Waals surface area contributed by atoms with Crippen LogP contribution >= 0.6 is 0 Å². The summed E-state index contributed by atoms with van der Waals surface area (Å²) >= 11 is 0. The molecule has 0 unspecified atom stereocenters. The molecule has 0 aliphatic heterocycles. The van der Waals surface area contributed by atoms with Crippen LogP contribution in [0.25, 0.3) is 0 Å². The molecule has 1 atom stereocenters. The van der Waals surface area contributed by atoms with Gasteiger partial charge in [-0.1, -0.05) is 6.07 Å². The monoisotopic (exact) mass is 192 g/mol. The van der Waals surface area contributed by atoms with Gasteiger partial charge in [-0.2, -0.15) is 0 Å². The van der Waals surface area contributed by atoms with Gasteiger partial charge in [-0.3, -0.25) is 0 Å². The highest BCUT2D eigenvalue weighted by Crippen LogP contribution is 2.34. The topological polar surface area (TPSA) is 89.3 Å². The van der Waals surface area contributed by atoms with E-state index in [1.54, 1.807) is 6.07 Å². The molecule has 74 valence electrons. The quantitative estimate of drug-likeness (QED) is 0.577. The molecule has 4 nitrogen and oxygen atoms in total. The first-order chi connectivity index (χ1) is 6.61. The number of benzene rings is 1. The summed E-state index contributed by atoms with van der Waals surface area (Å²) in [6.45, 7) is 0. The number of carboxylic acid groups (broad SMARTS) is 1. The van der Waals surface area contributed by atoms with Crippen molar-refractivity contribution in [3.05, 3.63) is 28.8 Å². The van der Waals surface area contributed by atoms with E-state index in [1.165, 1.54) is 6.07 Å². The maximum atomic E-state index is 10.8. The Balaban J connectivity index is 2.58. The van der Waals surface area contributed by atoms with Crippen LogP contribution in [0.15, 0.2) is 12.1 Å². The molecule has 0 bridgehead atoms. The fourth-order valence-electron chi connectivity index (χ4n) is 1.95. The molecule has 0 radical (unpaired) electrons. The maximum absolute atomic E-state index is 10.8. The van der Waals surface area contributed by atoms with Gasteiger partial charge in [-0.25, -0.2) is 4.79 Å². The molecule has 1 aliphatic carbocycles. The zero-order valence-corrected chi connectivity index (χ0v) is 7.66. The van der Waals surface area contributed by atoms with Crippen molar-refractivity contribution in [1.29, 1.82) is 0 Å². The highest BCUT2D eigenvalue weighted by molar-refractivity contribution is 5.94. The number of fused-ring (bicyclic) bond motifs is 1. The molecule has 1 aromatic rings. The summed E-state index contributed by atoms with van der Waals surface area (Å²) < 4.78 is 0. The third-order valence-corrected chi connectivity index (χ3v) is 2.73. The van der Waals surface area contributed by atoms with Crippen molar-refractivity contribution in [3.8, 4) is 0 Å². The Hall–Kier alpha value is -1.55. The summed E-state index contributed by atoms with van der Waals surface area (Å²) in [5.41, 5.74) is 14.1. The molecule has 4 heteroatoms. The Morgan fingerprint density at radius 3 is 2.86 bits per heavy atom. The molecule has 1 aromatic carbocycles. The SMILES string of the molecule is Nc1c(C(=O)O)ccc2c1CC[C@H]2N. The molecule has 0 amide bonds. The van der Waals surface area contributed by atoms with Gasteiger partial charge in [0.25, 0.3) is 0 Å². The van der Waals surface area contributed by atoms with E-state index in [4.69, 9.17) is 16.6 Å². The number of rotatable bonds is 1. The van der Waals surface area contributed by atoms with Crippen LogP contribution in [-0.2, 0) is 6.42 Å². The minimum Gasteiger partial charge on any atom is -0.478 e. The maximum Gasteiger partial charge on any atom is 0.337 e. The average Bonchev–Trinajstić information content (AvgIpc) is 2.49. The number of nitrogen functional groups attached to an aromatic ring is 1. The molecule has 0 saturated carbocycles. The fourth-order valence-corrected chi connectivity index (χ4v) is 1.95. The molecule has 0 saturated heterocycles. The van der Waals surface area contributed by atoms with Crippen molar-refractivity contribution in [2.24, 2.45) is 5.73 Å². The van der Waals surface area contributed by atoms with Crippen LogP contribution in [0.1, 0.15) is 33.9 Å². The van der Waals surface area contributed by atoms with Crippen molar-refractivity contribution in [2.45, 2.75) is 18.9 Å². The number of hydrogen-bond donors (Lipinski definition) is 3. The van der Waals surface area contributed by atoms with Gasteiger partial charge < -0.3 is 16.6 Å². The number of carboxylic acids is 1. The summed E-state index contributed by atoms with van der Waals surface area (Å²) in [5, 5.41) is 8.85. The van der Waals surface area contributed by atoms with E-state index in [-0.39, 0.29) is 11.6 Å². The second-order valence-corrected chi connectivity index (χ2v) is 3.54. The standard InChI is InChI=1S/C10H12N2O2/c11-8-4-3-6-5(8)1-2-7(9(6)12)10(13)14/h1-2,8H,3-4,11-12H2,(H,13,14)/t8-/m1/s1. The minimum absolute atomic E-state index is 0.00939. The predicted octanol–water partition coefficient (Wildman–Crippen LogP) is 0.913. The van der Waals surface area contributed by atoms with E-state index in [0.29, 0.717) is 5.69 Å². The molecule has 5 N–H and O–H groups in total. The van der Waals surface area contributed by atoms with Crippen LogP contribution in [-0.4, -0.2) is 11.1 Å². The third kappa shape index (κ3) is 1.15. The Kier molecular flexibility index (Phi) is 1.93. The Bertz CT molecular complexity index is 401. The van der Waals surface area contributed by atoms with Crippen LogP contribution in [0.4, 0.5) is 5.69 Å². The molecule has 0 spiro atoms. The van der Waals surface area contributed by atoms with Crippen LogP contribution in [0.5, 0.6) is 0 Å². The fraction of sp³-hybridized carbons (Fsp3) is 0.300. The average molecular weight is 192 g/mol. The number of carbonyl (C=O) groups is 1. The number of aromatic carboxylic acids is 1. The summed E-state index contributed by atoms with van der Waals surface area (Å²) in [4.78, 5) is 10.8. The zero-order chi connectivity index (χ0) is 10.3. The summed E-state index contributed by atoms with van der Waals surface area (Å²) in [6, 6.07) is 3.31.